The first-order chi connectivity index (χ1) is 17.9. The first-order valence-electron chi connectivity index (χ1n) is 12.9. The minimum Gasteiger partial charge on any atom is -0.491 e. The summed E-state index contributed by atoms with van der Waals surface area (Å²) in [7, 11) is -1.41. The highest BCUT2D eigenvalue weighted by atomic mass is 28.4. The van der Waals surface area contributed by atoms with Crippen molar-refractivity contribution in [3.05, 3.63) is 35.7 Å². The number of halogens is 1. The van der Waals surface area contributed by atoms with Gasteiger partial charge in [-0.2, -0.15) is 0 Å². The molecule has 0 radical (unpaired) electrons. The fraction of sp³-hybridized carbons (Fsp3) is 0.615. The molecule has 0 aliphatic heterocycles. The standard InChI is InChI=1S/C26H42FNO8Si/c1-5-34-37(35-6-2,36-7-3)20-12-17-28-26(30)33-19-11-9-8-10-18-32-24-15-13-22(21-23(24)27)14-16-25(29)31-4/h13-16,21H,5-12,17-20H2,1-4H3,(H,28,30). The molecular formula is C26H42FNO8Si. The number of carbonyl (C=O) groups is 2. The lowest BCUT2D eigenvalue weighted by molar-refractivity contribution is -0.134. The van der Waals surface area contributed by atoms with Gasteiger partial charge in [-0.25, -0.2) is 14.0 Å². The SMILES string of the molecule is CCO[Si](CCCNC(=O)OCCCCCCOc1ccc(C=CC(=O)OC)cc1F)(OCC)OCC. The average Bonchev–Trinajstić information content (AvgIpc) is 2.88. The number of hydrogen-bond acceptors (Lipinski definition) is 8. The van der Waals surface area contributed by atoms with Gasteiger partial charge in [0.1, 0.15) is 0 Å². The Morgan fingerprint density at radius 3 is 2.19 bits per heavy atom. The number of carbonyl (C=O) groups excluding carboxylic acids is 2. The molecule has 0 atom stereocenters. The molecule has 1 amide bonds. The highest BCUT2D eigenvalue weighted by Gasteiger charge is 2.39. The van der Waals surface area contributed by atoms with Crippen molar-refractivity contribution in [2.24, 2.45) is 0 Å². The van der Waals surface area contributed by atoms with Crippen molar-refractivity contribution in [1.29, 1.82) is 0 Å². The predicted octanol–water partition coefficient (Wildman–Crippen LogP) is 5.12. The molecule has 210 valence electrons. The molecule has 0 fully saturated rings. The molecule has 1 rings (SSSR count). The lowest BCUT2D eigenvalue weighted by atomic mass is 10.2. The molecule has 0 saturated heterocycles. The highest BCUT2D eigenvalue weighted by Crippen LogP contribution is 2.20. The lowest BCUT2D eigenvalue weighted by Gasteiger charge is -2.28. The van der Waals surface area contributed by atoms with Crippen molar-refractivity contribution in [1.82, 2.24) is 5.32 Å². The molecule has 1 aromatic carbocycles. The van der Waals surface area contributed by atoms with Crippen molar-refractivity contribution < 1.29 is 41.5 Å². The van der Waals surface area contributed by atoms with Gasteiger partial charge >= 0.3 is 20.9 Å². The predicted molar refractivity (Wildman–Crippen MR) is 141 cm³/mol. The van der Waals surface area contributed by atoms with Gasteiger partial charge in [-0.3, -0.25) is 0 Å². The van der Waals surface area contributed by atoms with Crippen molar-refractivity contribution in [3.8, 4) is 5.75 Å². The Hall–Kier alpha value is -2.47. The highest BCUT2D eigenvalue weighted by molar-refractivity contribution is 6.60. The number of unbranched alkanes of at least 4 members (excludes halogenated alkanes) is 3. The zero-order valence-electron chi connectivity index (χ0n) is 22.5. The molecule has 0 unspecified atom stereocenters. The van der Waals surface area contributed by atoms with Crippen molar-refractivity contribution >= 4 is 26.9 Å². The van der Waals surface area contributed by atoms with Crippen LogP contribution in [0.25, 0.3) is 6.08 Å². The Kier molecular flexibility index (Phi) is 17.3. The summed E-state index contributed by atoms with van der Waals surface area (Å²) in [4.78, 5) is 23.0. The molecular weight excluding hydrogens is 501 g/mol. The lowest BCUT2D eigenvalue weighted by Crippen LogP contribution is -2.46. The molecule has 0 heterocycles. The number of methoxy groups -OCH3 is 1. The van der Waals surface area contributed by atoms with E-state index in [2.05, 4.69) is 10.1 Å². The molecule has 0 spiro atoms. The van der Waals surface area contributed by atoms with Crippen LogP contribution in [0.2, 0.25) is 6.04 Å². The Balaban J connectivity index is 2.14. The number of alkyl carbamates (subject to hydrolysis) is 1. The fourth-order valence-electron chi connectivity index (χ4n) is 3.42. The maximum absolute atomic E-state index is 14.1. The molecule has 0 aliphatic rings. The first kappa shape index (κ1) is 32.6. The summed E-state index contributed by atoms with van der Waals surface area (Å²) < 4.78 is 46.7. The van der Waals surface area contributed by atoms with Crippen LogP contribution >= 0.6 is 0 Å². The van der Waals surface area contributed by atoms with E-state index in [1.165, 1.54) is 31.4 Å². The second kappa shape index (κ2) is 19.6. The Labute approximate surface area is 221 Å². The summed E-state index contributed by atoms with van der Waals surface area (Å²) in [5, 5.41) is 2.75. The van der Waals surface area contributed by atoms with E-state index in [1.54, 1.807) is 6.07 Å². The van der Waals surface area contributed by atoms with E-state index < -0.39 is 26.7 Å². The van der Waals surface area contributed by atoms with Gasteiger partial charge in [0.15, 0.2) is 11.6 Å². The molecule has 1 N–H and O–H groups in total. The van der Waals surface area contributed by atoms with E-state index in [0.717, 1.165) is 25.7 Å². The number of rotatable bonds is 20. The molecule has 9 nitrogen and oxygen atoms in total. The third-order valence-electron chi connectivity index (χ3n) is 5.12. The fourth-order valence-corrected chi connectivity index (χ4v) is 6.03. The van der Waals surface area contributed by atoms with Gasteiger partial charge in [-0.1, -0.05) is 6.07 Å². The van der Waals surface area contributed by atoms with Crippen LogP contribution in [0.4, 0.5) is 9.18 Å². The van der Waals surface area contributed by atoms with Crippen LogP contribution in [-0.2, 0) is 27.5 Å². The number of esters is 1. The van der Waals surface area contributed by atoms with Gasteiger partial charge < -0.3 is 32.8 Å². The Bertz CT molecular complexity index is 807. The van der Waals surface area contributed by atoms with E-state index in [9.17, 15) is 14.0 Å². The van der Waals surface area contributed by atoms with Gasteiger partial charge in [-0.05, 0) is 76.6 Å². The molecule has 11 heteroatoms. The minimum absolute atomic E-state index is 0.166. The summed E-state index contributed by atoms with van der Waals surface area (Å²) in [5.74, 6) is -0.833. The number of amides is 1. The summed E-state index contributed by atoms with van der Waals surface area (Å²) in [6, 6.07) is 5.12. The van der Waals surface area contributed by atoms with Crippen LogP contribution in [0.1, 0.15) is 58.4 Å². The monoisotopic (exact) mass is 543 g/mol. The number of ether oxygens (including phenoxy) is 3. The zero-order valence-corrected chi connectivity index (χ0v) is 23.5. The second-order valence-electron chi connectivity index (χ2n) is 7.96. The summed E-state index contributed by atoms with van der Waals surface area (Å²) in [6.45, 7) is 8.48. The van der Waals surface area contributed by atoms with E-state index in [4.69, 9.17) is 22.8 Å². The van der Waals surface area contributed by atoms with E-state index in [-0.39, 0.29) is 5.75 Å². The van der Waals surface area contributed by atoms with Crippen LogP contribution in [0.15, 0.2) is 24.3 Å². The first-order valence-corrected chi connectivity index (χ1v) is 14.8. The van der Waals surface area contributed by atoms with Crippen molar-refractivity contribution in [2.45, 2.75) is 58.9 Å². The van der Waals surface area contributed by atoms with E-state index >= 15 is 0 Å². The Morgan fingerprint density at radius 1 is 0.946 bits per heavy atom. The average molecular weight is 544 g/mol. The molecule has 0 aliphatic carbocycles. The molecule has 1 aromatic rings. The molecule has 0 bridgehead atoms. The smallest absolute Gasteiger partial charge is 0.491 e. The van der Waals surface area contributed by atoms with Crippen LogP contribution in [0.3, 0.4) is 0 Å². The van der Waals surface area contributed by atoms with Gasteiger partial charge in [0, 0.05) is 38.5 Å². The third kappa shape index (κ3) is 14.2. The third-order valence-corrected chi connectivity index (χ3v) is 8.27. The van der Waals surface area contributed by atoms with E-state index in [1.807, 2.05) is 20.8 Å². The normalized spacial score (nSPS) is 11.5. The maximum atomic E-state index is 14.1. The van der Waals surface area contributed by atoms with Crippen LogP contribution in [-0.4, -0.2) is 67.6 Å². The minimum atomic E-state index is -2.69. The van der Waals surface area contributed by atoms with Gasteiger partial charge in [-0.15, -0.1) is 0 Å². The largest absolute Gasteiger partial charge is 0.500 e. The number of nitrogens with one attached hydrogen (secondary N) is 1. The topological polar surface area (TPSA) is 102 Å². The van der Waals surface area contributed by atoms with Crippen LogP contribution in [0.5, 0.6) is 5.75 Å². The quantitative estimate of drug-likeness (QED) is 0.105. The van der Waals surface area contributed by atoms with Crippen LogP contribution in [0, 0.1) is 5.82 Å². The number of benzene rings is 1. The van der Waals surface area contributed by atoms with Crippen molar-refractivity contribution in [3.63, 3.8) is 0 Å². The van der Waals surface area contributed by atoms with Gasteiger partial charge in [0.05, 0.1) is 20.3 Å². The Morgan fingerprint density at radius 2 is 1.59 bits per heavy atom. The van der Waals surface area contributed by atoms with Gasteiger partial charge in [0.25, 0.3) is 0 Å². The van der Waals surface area contributed by atoms with Gasteiger partial charge in [0.2, 0.25) is 0 Å². The maximum Gasteiger partial charge on any atom is 0.500 e. The van der Waals surface area contributed by atoms with E-state index in [0.29, 0.717) is 57.6 Å². The summed E-state index contributed by atoms with van der Waals surface area (Å²) in [6.07, 6.45) is 6.14. The zero-order chi connectivity index (χ0) is 27.4. The molecule has 37 heavy (non-hydrogen) atoms. The molecule has 0 saturated carbocycles. The molecule has 0 aromatic heterocycles. The summed E-state index contributed by atoms with van der Waals surface area (Å²) >= 11 is 0. The van der Waals surface area contributed by atoms with Crippen molar-refractivity contribution in [2.75, 3.05) is 46.7 Å². The van der Waals surface area contributed by atoms with Crippen LogP contribution < -0.4 is 10.1 Å². The second-order valence-corrected chi connectivity index (χ2v) is 10.7. The number of hydrogen-bond donors (Lipinski definition) is 1. The summed E-state index contributed by atoms with van der Waals surface area (Å²) in [5.41, 5.74) is 0.538.